The molecule has 0 amide bonds. The van der Waals surface area contributed by atoms with Crippen LogP contribution in [-0.4, -0.2) is 51.5 Å². The number of rotatable bonds is 7. The molecule has 1 unspecified atom stereocenters. The minimum absolute atomic E-state index is 0.268. The molecule has 0 radical (unpaired) electrons. The highest BCUT2D eigenvalue weighted by Gasteiger charge is 2.44. The Bertz CT molecular complexity index is 591. The Hall–Kier alpha value is -0.740. The van der Waals surface area contributed by atoms with Gasteiger partial charge in [-0.25, -0.2) is 4.79 Å². The first-order valence-electron chi connectivity index (χ1n) is 7.16. The number of hydrogen-bond donors (Lipinski definition) is 3. The second kappa shape index (κ2) is 8.21. The summed E-state index contributed by atoms with van der Waals surface area (Å²) in [5, 5.41) is 13.2. The summed E-state index contributed by atoms with van der Waals surface area (Å²) in [7, 11) is 5.03. The molecule has 1 fully saturated rings. The summed E-state index contributed by atoms with van der Waals surface area (Å²) in [6, 6.07) is 1.28. The predicted molar refractivity (Wildman–Crippen MR) is 89.3 cm³/mol. The van der Waals surface area contributed by atoms with Crippen LogP contribution in [0.25, 0.3) is 0 Å². The fraction of sp³-hybridized carbons (Fsp3) is 0.692. The summed E-state index contributed by atoms with van der Waals surface area (Å²) >= 11 is 0. The van der Waals surface area contributed by atoms with E-state index in [1.165, 1.54) is 27.6 Å². The highest BCUT2D eigenvalue weighted by Crippen LogP contribution is 2.42. The first-order valence-corrected chi connectivity index (χ1v) is 9.54. The molecule has 1 aromatic rings. The van der Waals surface area contributed by atoms with E-state index in [1.807, 2.05) is 14.0 Å². The molecule has 3 N–H and O–H groups in total. The van der Waals surface area contributed by atoms with Crippen molar-refractivity contribution < 1.29 is 9.84 Å². The maximum Gasteiger partial charge on any atom is 0.330 e. The van der Waals surface area contributed by atoms with Crippen LogP contribution in [0.15, 0.2) is 21.9 Å². The molecule has 4 atom stereocenters. The topological polar surface area (TPSA) is 96.4 Å². The van der Waals surface area contributed by atoms with Crippen molar-refractivity contribution in [3.05, 3.63) is 33.1 Å². The van der Waals surface area contributed by atoms with Crippen molar-refractivity contribution in [3.63, 3.8) is 0 Å². The van der Waals surface area contributed by atoms with Crippen molar-refractivity contribution in [1.29, 1.82) is 0 Å². The summed E-state index contributed by atoms with van der Waals surface area (Å²) in [5.74, 6) is 0.883. The van der Waals surface area contributed by atoms with Gasteiger partial charge in [0.2, 0.25) is 0 Å². The third kappa shape index (κ3) is 3.96. The molecule has 1 aliphatic rings. The van der Waals surface area contributed by atoms with Gasteiger partial charge in [0, 0.05) is 24.6 Å². The molecule has 7 nitrogen and oxygen atoms in total. The largest absolute Gasteiger partial charge is 0.389 e. The van der Waals surface area contributed by atoms with Gasteiger partial charge in [0.1, 0.15) is 0 Å². The Morgan fingerprint density at radius 1 is 1.50 bits per heavy atom. The Labute approximate surface area is 136 Å². The summed E-state index contributed by atoms with van der Waals surface area (Å²) in [6.45, 7) is 2.80. The van der Waals surface area contributed by atoms with Crippen LogP contribution in [0.2, 0.25) is 0 Å². The van der Waals surface area contributed by atoms with Gasteiger partial charge >= 0.3 is 5.69 Å². The molecule has 1 aliphatic heterocycles. The second-order valence-corrected chi connectivity index (χ2v) is 7.63. The zero-order chi connectivity index (χ0) is 16.1. The lowest BCUT2D eigenvalue weighted by Gasteiger charge is -2.20. The van der Waals surface area contributed by atoms with Gasteiger partial charge in [-0.1, -0.05) is 28.5 Å². The van der Waals surface area contributed by atoms with E-state index in [-0.39, 0.29) is 11.4 Å². The molecule has 0 aliphatic carbocycles. The molecular weight excluding hydrogens is 326 g/mol. The summed E-state index contributed by atoms with van der Waals surface area (Å²) < 4.78 is 7.18. The van der Waals surface area contributed by atoms with Crippen molar-refractivity contribution in [3.8, 4) is 0 Å². The van der Waals surface area contributed by atoms with E-state index < -0.39 is 23.6 Å². The molecular formula is C13H21N3O4S2. The number of H-pyrrole nitrogens is 1. The molecule has 0 aromatic carbocycles. The third-order valence-electron chi connectivity index (χ3n) is 3.46. The highest BCUT2D eigenvalue weighted by atomic mass is 33.1. The van der Waals surface area contributed by atoms with Crippen LogP contribution in [0, 0.1) is 0 Å². The van der Waals surface area contributed by atoms with Gasteiger partial charge in [0.15, 0.2) is 6.23 Å². The quantitative estimate of drug-likeness (QED) is 0.478. The maximum absolute atomic E-state index is 12.0. The van der Waals surface area contributed by atoms with Crippen molar-refractivity contribution in [1.82, 2.24) is 14.9 Å². The zero-order valence-electron chi connectivity index (χ0n) is 12.5. The Morgan fingerprint density at radius 2 is 2.27 bits per heavy atom. The highest BCUT2D eigenvalue weighted by molar-refractivity contribution is 8.77. The number of aliphatic hydroxyl groups is 1. The van der Waals surface area contributed by atoms with Gasteiger partial charge in [-0.15, -0.1) is 0 Å². The normalized spacial score (nSPS) is 28.1. The van der Waals surface area contributed by atoms with Crippen LogP contribution in [0.1, 0.15) is 19.6 Å². The Morgan fingerprint density at radius 3 is 2.91 bits per heavy atom. The van der Waals surface area contributed by atoms with Gasteiger partial charge < -0.3 is 15.2 Å². The molecule has 1 saturated heterocycles. The number of nitrogens with one attached hydrogen (secondary N) is 2. The van der Waals surface area contributed by atoms with E-state index in [0.717, 1.165) is 12.3 Å². The standard InChI is InChI=1S/C13H21N3O4S2/c1-3-8-10(18)11(22-21-7-5-14-2)12(20-8)16-6-4-9(17)15-13(16)19/h4,6,8,10-12,14,18H,3,5,7H2,1-2H3,(H,15,17,19)/t8-,10?,11+,12-/m1/s1. The average Bonchev–Trinajstić information content (AvgIpc) is 2.80. The predicted octanol–water partition coefficient (Wildman–Crippen LogP) is 0.174. The zero-order valence-corrected chi connectivity index (χ0v) is 14.2. The van der Waals surface area contributed by atoms with Crippen molar-refractivity contribution in [2.45, 2.75) is 37.0 Å². The van der Waals surface area contributed by atoms with Gasteiger partial charge in [0.05, 0.1) is 17.5 Å². The Balaban J connectivity index is 2.18. The number of ether oxygens (including phenoxy) is 1. The molecule has 0 saturated carbocycles. The van der Waals surface area contributed by atoms with E-state index in [4.69, 9.17) is 4.74 Å². The maximum atomic E-state index is 12.0. The van der Waals surface area contributed by atoms with E-state index in [0.29, 0.717) is 6.42 Å². The van der Waals surface area contributed by atoms with Crippen LogP contribution < -0.4 is 16.6 Å². The van der Waals surface area contributed by atoms with Crippen LogP contribution in [-0.2, 0) is 4.74 Å². The van der Waals surface area contributed by atoms with Gasteiger partial charge in [-0.2, -0.15) is 0 Å². The van der Waals surface area contributed by atoms with Crippen LogP contribution >= 0.6 is 21.6 Å². The smallest absolute Gasteiger partial charge is 0.330 e. The lowest BCUT2D eigenvalue weighted by molar-refractivity contribution is -0.0214. The van der Waals surface area contributed by atoms with Crippen LogP contribution in [0.4, 0.5) is 0 Å². The van der Waals surface area contributed by atoms with E-state index in [2.05, 4.69) is 10.3 Å². The fourth-order valence-electron chi connectivity index (χ4n) is 2.28. The number of aromatic nitrogens is 2. The first-order chi connectivity index (χ1) is 10.6. The van der Waals surface area contributed by atoms with Crippen molar-refractivity contribution >= 4 is 21.6 Å². The molecule has 2 heterocycles. The van der Waals surface area contributed by atoms with Gasteiger partial charge in [-0.3, -0.25) is 14.3 Å². The second-order valence-electron chi connectivity index (χ2n) is 4.97. The number of nitrogens with zero attached hydrogens (tertiary/aromatic N) is 1. The minimum Gasteiger partial charge on any atom is -0.389 e. The van der Waals surface area contributed by atoms with Crippen molar-refractivity contribution in [2.75, 3.05) is 19.3 Å². The summed E-state index contributed by atoms with van der Waals surface area (Å²) in [6.07, 6.45) is 0.528. The number of aromatic amines is 1. The summed E-state index contributed by atoms with van der Waals surface area (Å²) in [4.78, 5) is 25.4. The van der Waals surface area contributed by atoms with Gasteiger partial charge in [-0.05, 0) is 13.5 Å². The first kappa shape index (κ1) is 17.6. The summed E-state index contributed by atoms with van der Waals surface area (Å²) in [5.41, 5.74) is -0.966. The molecule has 2 rings (SSSR count). The van der Waals surface area contributed by atoms with Gasteiger partial charge in [0.25, 0.3) is 5.56 Å². The molecule has 1 aromatic heterocycles. The van der Waals surface area contributed by atoms with E-state index >= 15 is 0 Å². The van der Waals surface area contributed by atoms with Crippen LogP contribution in [0.3, 0.4) is 0 Å². The van der Waals surface area contributed by atoms with Crippen LogP contribution in [0.5, 0.6) is 0 Å². The fourth-order valence-corrected chi connectivity index (χ4v) is 5.04. The SMILES string of the molecule is CC[C@H]1O[C@@H](n2ccc(=O)[nH]c2=O)[C@@H](SSCCNC)C1O. The molecule has 124 valence electrons. The number of hydrogen-bond acceptors (Lipinski definition) is 7. The molecule has 0 spiro atoms. The molecule has 0 bridgehead atoms. The third-order valence-corrected chi connectivity index (χ3v) is 6.27. The lowest BCUT2D eigenvalue weighted by Crippen LogP contribution is -2.35. The van der Waals surface area contributed by atoms with E-state index in [1.54, 1.807) is 10.8 Å². The Kier molecular flexibility index (Phi) is 6.57. The van der Waals surface area contributed by atoms with Crippen molar-refractivity contribution in [2.24, 2.45) is 0 Å². The van der Waals surface area contributed by atoms with E-state index in [9.17, 15) is 14.7 Å². The number of aliphatic hydroxyl groups excluding tert-OH is 1. The molecule has 9 heteroatoms. The minimum atomic E-state index is -0.652. The molecule has 22 heavy (non-hydrogen) atoms. The lowest BCUT2D eigenvalue weighted by atomic mass is 10.1. The monoisotopic (exact) mass is 347 g/mol. The average molecular weight is 347 g/mol.